The largest absolute Gasteiger partial charge is 0.479 e. The lowest BCUT2D eigenvalue weighted by molar-refractivity contribution is -0.143. The van der Waals surface area contributed by atoms with E-state index in [9.17, 15) is 18.0 Å². The maximum atomic E-state index is 11.9. The molecular formula is C11H13NO6S. The van der Waals surface area contributed by atoms with Crippen LogP contribution in [-0.2, 0) is 24.2 Å². The van der Waals surface area contributed by atoms with Crippen molar-refractivity contribution in [2.75, 3.05) is 12.4 Å². The normalized spacial score (nSPS) is 12.7. The first kappa shape index (κ1) is 15.1. The Balaban J connectivity index is 3.09. The Morgan fingerprint density at radius 1 is 1.26 bits per heavy atom. The summed E-state index contributed by atoms with van der Waals surface area (Å²) >= 11 is 0. The molecule has 1 amide bonds. The van der Waals surface area contributed by atoms with Crippen LogP contribution < -0.4 is 5.32 Å². The number of carbonyl (C=O) groups excluding carboxylic acids is 1. The third kappa shape index (κ3) is 3.52. The van der Waals surface area contributed by atoms with E-state index in [2.05, 4.69) is 10.1 Å². The van der Waals surface area contributed by atoms with E-state index >= 15 is 0 Å². The number of amides is 1. The molecule has 8 heteroatoms. The number of carboxylic acid groups (broad SMARTS) is 1. The number of anilines is 1. The Kier molecular flexibility index (Phi) is 4.62. The van der Waals surface area contributed by atoms with Crippen LogP contribution in [0, 0.1) is 0 Å². The lowest BCUT2D eigenvalue weighted by Crippen LogP contribution is -2.31. The molecule has 0 spiro atoms. The first-order valence-corrected chi connectivity index (χ1v) is 6.71. The number of hydrogen-bond acceptors (Lipinski definition) is 5. The zero-order valence-electron chi connectivity index (χ0n) is 10.3. The Bertz CT molecular complexity index is 578. The number of carboxylic acids is 1. The lowest BCUT2D eigenvalue weighted by atomic mass is 10.3. The van der Waals surface area contributed by atoms with Crippen molar-refractivity contribution in [3.63, 3.8) is 0 Å². The lowest BCUT2D eigenvalue weighted by Gasteiger charge is -2.12. The molecule has 0 aliphatic rings. The molecule has 0 heterocycles. The fraction of sp³-hybridized carbons (Fsp3) is 0.273. The smallest absolute Gasteiger partial charge is 0.349 e. The average molecular weight is 287 g/mol. The quantitative estimate of drug-likeness (QED) is 0.815. The average Bonchev–Trinajstić information content (AvgIpc) is 2.28. The summed E-state index contributed by atoms with van der Waals surface area (Å²) in [6, 6.07) is 5.14. The molecule has 1 rings (SSSR count). The van der Waals surface area contributed by atoms with Gasteiger partial charge in [-0.05, 0) is 24.3 Å². The van der Waals surface area contributed by atoms with E-state index in [1.807, 2.05) is 0 Å². The van der Waals surface area contributed by atoms with Gasteiger partial charge in [0, 0.05) is 19.7 Å². The van der Waals surface area contributed by atoms with Gasteiger partial charge in [-0.1, -0.05) is 0 Å². The van der Waals surface area contributed by atoms with Gasteiger partial charge in [-0.3, -0.25) is 4.79 Å². The third-order valence-electron chi connectivity index (χ3n) is 2.20. The van der Waals surface area contributed by atoms with E-state index in [-0.39, 0.29) is 10.8 Å². The highest BCUT2D eigenvalue weighted by molar-refractivity contribution is 7.92. The molecule has 0 fully saturated rings. The van der Waals surface area contributed by atoms with Crippen LogP contribution in [-0.4, -0.2) is 37.9 Å². The molecule has 0 saturated carbocycles. The van der Waals surface area contributed by atoms with E-state index < -0.39 is 21.2 Å². The summed E-state index contributed by atoms with van der Waals surface area (Å²) in [7, 11) is -3.13. The summed E-state index contributed by atoms with van der Waals surface area (Å²) in [5, 5.41) is 11.3. The number of aliphatic carboxylic acids is 1. The third-order valence-corrected chi connectivity index (χ3v) is 4.09. The zero-order chi connectivity index (χ0) is 14.6. The van der Waals surface area contributed by atoms with Crippen LogP contribution in [0.15, 0.2) is 29.2 Å². The minimum atomic E-state index is -4.13. The van der Waals surface area contributed by atoms with Gasteiger partial charge in [0.2, 0.25) is 15.7 Å². The fourth-order valence-corrected chi connectivity index (χ4v) is 2.70. The van der Waals surface area contributed by atoms with Crippen molar-refractivity contribution in [3.8, 4) is 0 Å². The van der Waals surface area contributed by atoms with Gasteiger partial charge in [-0.25, -0.2) is 13.2 Å². The standard InChI is InChI=1S/C11H13NO6S/c1-7(13)12-8-3-5-9(6-4-8)19(16,17)11(18-2)10(14)15/h3-6,11H,1-2H3,(H,12,13)(H,14,15). The van der Waals surface area contributed by atoms with Crippen LogP contribution in [0.2, 0.25) is 0 Å². The molecule has 1 aromatic rings. The molecule has 19 heavy (non-hydrogen) atoms. The van der Waals surface area contributed by atoms with E-state index in [1.165, 1.54) is 31.2 Å². The van der Waals surface area contributed by atoms with Gasteiger partial charge in [0.05, 0.1) is 4.90 Å². The van der Waals surface area contributed by atoms with Crippen molar-refractivity contribution < 1.29 is 27.9 Å². The number of hydrogen-bond donors (Lipinski definition) is 2. The number of nitrogens with one attached hydrogen (secondary N) is 1. The molecule has 104 valence electrons. The Hall–Kier alpha value is -1.93. The summed E-state index contributed by atoms with van der Waals surface area (Å²) in [5.41, 5.74) is -1.55. The molecule has 0 aromatic heterocycles. The summed E-state index contributed by atoms with van der Waals surface area (Å²) in [6.45, 7) is 1.32. The van der Waals surface area contributed by atoms with Crippen LogP contribution in [0.3, 0.4) is 0 Å². The Labute approximate surface area is 110 Å². The Morgan fingerprint density at radius 2 is 1.79 bits per heavy atom. The number of ether oxygens (including phenoxy) is 1. The molecule has 1 aromatic carbocycles. The summed E-state index contributed by atoms with van der Waals surface area (Å²) in [5.74, 6) is -1.88. The number of carbonyl (C=O) groups is 2. The van der Waals surface area contributed by atoms with Gasteiger partial charge in [0.1, 0.15) is 0 Å². The van der Waals surface area contributed by atoms with Crippen molar-refractivity contribution in [1.82, 2.24) is 0 Å². The molecule has 2 N–H and O–H groups in total. The second-order valence-corrected chi connectivity index (χ2v) is 5.65. The van der Waals surface area contributed by atoms with Gasteiger partial charge in [0.15, 0.2) is 0 Å². The maximum absolute atomic E-state index is 11.9. The van der Waals surface area contributed by atoms with Crippen LogP contribution in [0.5, 0.6) is 0 Å². The molecule has 7 nitrogen and oxygen atoms in total. The molecule has 0 aliphatic carbocycles. The highest BCUT2D eigenvalue weighted by atomic mass is 32.2. The van der Waals surface area contributed by atoms with Crippen LogP contribution >= 0.6 is 0 Å². The van der Waals surface area contributed by atoms with E-state index in [0.717, 1.165) is 7.11 Å². The summed E-state index contributed by atoms with van der Waals surface area (Å²) in [4.78, 5) is 21.4. The van der Waals surface area contributed by atoms with Gasteiger partial charge in [-0.15, -0.1) is 0 Å². The molecule has 0 saturated heterocycles. The number of sulfone groups is 1. The van der Waals surface area contributed by atoms with Crippen LogP contribution in [0.4, 0.5) is 5.69 Å². The first-order chi connectivity index (χ1) is 8.78. The first-order valence-electron chi connectivity index (χ1n) is 5.16. The van der Waals surface area contributed by atoms with Crippen molar-refractivity contribution in [2.24, 2.45) is 0 Å². The Morgan fingerprint density at radius 3 is 2.16 bits per heavy atom. The predicted octanol–water partition coefficient (Wildman–Crippen LogP) is 0.476. The maximum Gasteiger partial charge on any atom is 0.349 e. The molecule has 0 aliphatic heterocycles. The summed E-state index contributed by atoms with van der Waals surface area (Å²) in [6.07, 6.45) is 0. The molecule has 0 bridgehead atoms. The molecule has 0 radical (unpaired) electrons. The molecular weight excluding hydrogens is 274 g/mol. The number of rotatable bonds is 5. The molecule has 1 unspecified atom stereocenters. The minimum absolute atomic E-state index is 0.198. The zero-order valence-corrected chi connectivity index (χ0v) is 11.1. The van der Waals surface area contributed by atoms with Crippen molar-refractivity contribution in [1.29, 1.82) is 0 Å². The van der Waals surface area contributed by atoms with Crippen LogP contribution in [0.1, 0.15) is 6.92 Å². The number of benzene rings is 1. The van der Waals surface area contributed by atoms with Gasteiger partial charge in [0.25, 0.3) is 5.44 Å². The highest BCUT2D eigenvalue weighted by Gasteiger charge is 2.33. The van der Waals surface area contributed by atoms with E-state index in [1.54, 1.807) is 0 Å². The second-order valence-electron chi connectivity index (χ2n) is 3.66. The van der Waals surface area contributed by atoms with E-state index in [4.69, 9.17) is 5.11 Å². The van der Waals surface area contributed by atoms with Gasteiger partial charge < -0.3 is 15.2 Å². The summed E-state index contributed by atoms with van der Waals surface area (Å²) < 4.78 is 28.4. The van der Waals surface area contributed by atoms with Gasteiger partial charge in [-0.2, -0.15) is 0 Å². The van der Waals surface area contributed by atoms with Crippen LogP contribution in [0.25, 0.3) is 0 Å². The van der Waals surface area contributed by atoms with Gasteiger partial charge >= 0.3 is 5.97 Å². The predicted molar refractivity (Wildman–Crippen MR) is 66.4 cm³/mol. The second kappa shape index (κ2) is 5.81. The van der Waals surface area contributed by atoms with Crippen molar-refractivity contribution >= 4 is 27.4 Å². The topological polar surface area (TPSA) is 110 Å². The molecule has 1 atom stereocenters. The monoisotopic (exact) mass is 287 g/mol. The number of methoxy groups -OCH3 is 1. The van der Waals surface area contributed by atoms with Crippen molar-refractivity contribution in [2.45, 2.75) is 17.3 Å². The highest BCUT2D eigenvalue weighted by Crippen LogP contribution is 2.19. The SMILES string of the molecule is COC(C(=O)O)S(=O)(=O)c1ccc(NC(C)=O)cc1. The van der Waals surface area contributed by atoms with E-state index in [0.29, 0.717) is 5.69 Å². The minimum Gasteiger partial charge on any atom is -0.479 e. The van der Waals surface area contributed by atoms with Crippen molar-refractivity contribution in [3.05, 3.63) is 24.3 Å². The fourth-order valence-electron chi connectivity index (χ4n) is 1.42.